The Kier molecular flexibility index (Phi) is 6.48. The molecule has 0 aromatic heterocycles. The molecule has 1 aromatic carbocycles. The van der Waals surface area contributed by atoms with Crippen LogP contribution in [0.4, 0.5) is 0 Å². The van der Waals surface area contributed by atoms with Gasteiger partial charge in [0.05, 0.1) is 19.8 Å². The highest BCUT2D eigenvalue weighted by molar-refractivity contribution is 5.96. The molecular formula is C13H19N3O4. The highest BCUT2D eigenvalue weighted by atomic mass is 16.5. The molecule has 1 unspecified atom stereocenters. The molecule has 0 heterocycles. The minimum absolute atomic E-state index is 0.156. The van der Waals surface area contributed by atoms with E-state index in [1.807, 2.05) is 6.92 Å². The highest BCUT2D eigenvalue weighted by Crippen LogP contribution is 2.27. The number of carbonyl (C=O) groups excluding carboxylic acids is 2. The molecule has 7 heteroatoms. The Labute approximate surface area is 117 Å². The number of nitrogens with two attached hydrogens (primary N) is 1. The van der Waals surface area contributed by atoms with E-state index in [1.54, 1.807) is 18.2 Å². The molecule has 0 radical (unpaired) electrons. The number of hydrogen-bond donors (Lipinski definition) is 3. The van der Waals surface area contributed by atoms with E-state index < -0.39 is 11.9 Å². The molecule has 0 aliphatic rings. The number of hydrogen-bond acceptors (Lipinski definition) is 6. The first-order valence-corrected chi connectivity index (χ1v) is 6.16. The van der Waals surface area contributed by atoms with Gasteiger partial charge in [0.2, 0.25) is 0 Å². The molecular weight excluding hydrogens is 262 g/mol. The number of amides is 1. The van der Waals surface area contributed by atoms with E-state index in [0.29, 0.717) is 30.0 Å². The average molecular weight is 281 g/mol. The van der Waals surface area contributed by atoms with Gasteiger partial charge in [-0.3, -0.25) is 16.1 Å². The van der Waals surface area contributed by atoms with Crippen LogP contribution in [0.5, 0.6) is 11.5 Å². The number of ether oxygens (including phenoxy) is 2. The van der Waals surface area contributed by atoms with E-state index in [0.717, 1.165) is 0 Å². The minimum atomic E-state index is -0.690. The van der Waals surface area contributed by atoms with Crippen molar-refractivity contribution in [2.24, 2.45) is 5.84 Å². The van der Waals surface area contributed by atoms with Gasteiger partial charge in [-0.05, 0) is 25.1 Å². The summed E-state index contributed by atoms with van der Waals surface area (Å²) >= 11 is 0. The van der Waals surface area contributed by atoms with Gasteiger partial charge in [0, 0.05) is 12.1 Å². The van der Waals surface area contributed by atoms with Crippen molar-refractivity contribution in [2.75, 3.05) is 20.3 Å². The van der Waals surface area contributed by atoms with Gasteiger partial charge < -0.3 is 19.6 Å². The van der Waals surface area contributed by atoms with Gasteiger partial charge in [0.25, 0.3) is 5.91 Å². The van der Waals surface area contributed by atoms with Crippen LogP contribution in [-0.2, 0) is 4.79 Å². The molecule has 110 valence electrons. The second-order valence-corrected chi connectivity index (χ2v) is 3.92. The van der Waals surface area contributed by atoms with Crippen LogP contribution in [0.25, 0.3) is 0 Å². The first-order chi connectivity index (χ1) is 9.65. The van der Waals surface area contributed by atoms with Crippen LogP contribution in [0.15, 0.2) is 18.2 Å². The van der Waals surface area contributed by atoms with E-state index in [1.165, 1.54) is 7.11 Å². The first-order valence-electron chi connectivity index (χ1n) is 6.16. The van der Waals surface area contributed by atoms with Gasteiger partial charge in [0.15, 0.2) is 11.5 Å². The van der Waals surface area contributed by atoms with E-state index in [2.05, 4.69) is 10.7 Å². The Balaban J connectivity index is 2.85. The number of rotatable bonds is 8. The molecule has 4 N–H and O–H groups in total. The van der Waals surface area contributed by atoms with Crippen molar-refractivity contribution in [3.8, 4) is 11.5 Å². The van der Waals surface area contributed by atoms with Crippen LogP contribution >= 0.6 is 0 Å². The Morgan fingerprint density at radius 1 is 1.45 bits per heavy atom. The molecule has 1 amide bonds. The fraction of sp³-hybridized carbons (Fsp3) is 0.385. The van der Waals surface area contributed by atoms with Crippen LogP contribution in [0.1, 0.15) is 17.3 Å². The lowest BCUT2D eigenvalue weighted by molar-refractivity contribution is -0.109. The topological polar surface area (TPSA) is 103 Å². The molecule has 1 rings (SSSR count). The van der Waals surface area contributed by atoms with Crippen LogP contribution in [0.2, 0.25) is 0 Å². The van der Waals surface area contributed by atoms with E-state index in [-0.39, 0.29) is 6.54 Å². The third-order valence-electron chi connectivity index (χ3n) is 2.54. The Hall–Kier alpha value is -2.12. The summed E-state index contributed by atoms with van der Waals surface area (Å²) in [6.45, 7) is 2.51. The monoisotopic (exact) mass is 281 g/mol. The van der Waals surface area contributed by atoms with Crippen molar-refractivity contribution < 1.29 is 19.1 Å². The maximum Gasteiger partial charge on any atom is 0.252 e. The molecule has 0 bridgehead atoms. The Morgan fingerprint density at radius 2 is 2.20 bits per heavy atom. The summed E-state index contributed by atoms with van der Waals surface area (Å²) in [6.07, 6.45) is 0.615. The number of nitrogens with one attached hydrogen (secondary N) is 2. The number of carbonyl (C=O) groups is 2. The summed E-state index contributed by atoms with van der Waals surface area (Å²) in [5.74, 6) is 5.75. The van der Waals surface area contributed by atoms with Crippen LogP contribution in [0.3, 0.4) is 0 Å². The highest BCUT2D eigenvalue weighted by Gasteiger charge is 2.14. The second kappa shape index (κ2) is 8.13. The molecule has 7 nitrogen and oxygen atoms in total. The molecule has 20 heavy (non-hydrogen) atoms. The summed E-state index contributed by atoms with van der Waals surface area (Å²) in [4.78, 5) is 22.8. The van der Waals surface area contributed by atoms with E-state index in [4.69, 9.17) is 15.3 Å². The van der Waals surface area contributed by atoms with Gasteiger partial charge in [-0.1, -0.05) is 0 Å². The van der Waals surface area contributed by atoms with Crippen molar-refractivity contribution in [3.05, 3.63) is 23.8 Å². The van der Waals surface area contributed by atoms with Crippen LogP contribution in [-0.4, -0.2) is 38.5 Å². The molecule has 0 aliphatic carbocycles. The average Bonchev–Trinajstić information content (AvgIpc) is 2.47. The number of methoxy groups -OCH3 is 1. The Bertz CT molecular complexity index is 465. The van der Waals surface area contributed by atoms with Gasteiger partial charge in [-0.25, -0.2) is 0 Å². The SMILES string of the molecule is CCOc1ccc(C(=O)NC(C=O)CNN)cc1OC. The molecule has 0 fully saturated rings. The lowest BCUT2D eigenvalue weighted by Crippen LogP contribution is -2.45. The number of aldehydes is 1. The minimum Gasteiger partial charge on any atom is -0.493 e. The largest absolute Gasteiger partial charge is 0.493 e. The second-order valence-electron chi connectivity index (χ2n) is 3.92. The maximum atomic E-state index is 12.0. The van der Waals surface area contributed by atoms with Crippen molar-refractivity contribution in [1.82, 2.24) is 10.7 Å². The summed E-state index contributed by atoms with van der Waals surface area (Å²) < 4.78 is 10.5. The van der Waals surface area contributed by atoms with Gasteiger partial charge >= 0.3 is 0 Å². The molecule has 0 aliphatic heterocycles. The van der Waals surface area contributed by atoms with Gasteiger partial charge in [0.1, 0.15) is 6.29 Å². The van der Waals surface area contributed by atoms with Gasteiger partial charge in [-0.15, -0.1) is 0 Å². The molecule has 0 saturated heterocycles. The lowest BCUT2D eigenvalue weighted by Gasteiger charge is -2.14. The third kappa shape index (κ3) is 4.22. The fourth-order valence-corrected chi connectivity index (χ4v) is 1.60. The van der Waals surface area contributed by atoms with Crippen molar-refractivity contribution in [1.29, 1.82) is 0 Å². The predicted molar refractivity (Wildman–Crippen MR) is 73.7 cm³/mol. The maximum absolute atomic E-state index is 12.0. The van der Waals surface area contributed by atoms with E-state index in [9.17, 15) is 9.59 Å². The first kappa shape index (κ1) is 15.9. The molecule has 0 spiro atoms. The lowest BCUT2D eigenvalue weighted by atomic mass is 10.1. The van der Waals surface area contributed by atoms with Crippen LogP contribution in [0, 0.1) is 0 Å². The van der Waals surface area contributed by atoms with Crippen molar-refractivity contribution >= 4 is 12.2 Å². The molecule has 1 aromatic rings. The van der Waals surface area contributed by atoms with Crippen LogP contribution < -0.4 is 26.1 Å². The summed E-state index contributed by atoms with van der Waals surface area (Å²) in [7, 11) is 1.49. The normalized spacial score (nSPS) is 11.6. The zero-order valence-corrected chi connectivity index (χ0v) is 11.5. The van der Waals surface area contributed by atoms with E-state index >= 15 is 0 Å². The summed E-state index contributed by atoms with van der Waals surface area (Å²) in [5, 5.41) is 2.54. The molecule has 0 saturated carbocycles. The number of hydrazine groups is 1. The van der Waals surface area contributed by atoms with Crippen molar-refractivity contribution in [2.45, 2.75) is 13.0 Å². The Morgan fingerprint density at radius 3 is 2.75 bits per heavy atom. The summed E-state index contributed by atoms with van der Waals surface area (Å²) in [6, 6.07) is 4.11. The predicted octanol–water partition coefficient (Wildman–Crippen LogP) is -0.145. The zero-order valence-electron chi connectivity index (χ0n) is 11.5. The third-order valence-corrected chi connectivity index (χ3v) is 2.54. The fourth-order valence-electron chi connectivity index (χ4n) is 1.60. The van der Waals surface area contributed by atoms with Gasteiger partial charge in [-0.2, -0.15) is 0 Å². The summed E-state index contributed by atoms with van der Waals surface area (Å²) in [5.41, 5.74) is 2.70. The molecule has 1 atom stereocenters. The smallest absolute Gasteiger partial charge is 0.252 e. The quantitative estimate of drug-likeness (QED) is 0.348. The zero-order chi connectivity index (χ0) is 15.0. The standard InChI is InChI=1S/C13H19N3O4/c1-3-20-11-5-4-9(6-12(11)19-2)13(18)16-10(8-17)7-15-14/h4-6,8,10,15H,3,7,14H2,1-2H3,(H,16,18). The van der Waals surface area contributed by atoms with Crippen molar-refractivity contribution in [3.63, 3.8) is 0 Å². The number of benzene rings is 1.